The lowest BCUT2D eigenvalue weighted by molar-refractivity contribution is 0.114. The van der Waals surface area contributed by atoms with E-state index in [1.807, 2.05) is 19.1 Å². The highest BCUT2D eigenvalue weighted by Crippen LogP contribution is 2.33. The normalized spacial score (nSPS) is 16.8. The van der Waals surface area contributed by atoms with E-state index in [1.165, 1.54) is 11.3 Å². The lowest BCUT2D eigenvalue weighted by Crippen LogP contribution is -2.23. The smallest absolute Gasteiger partial charge is 0.158 e. The molecule has 1 fully saturated rings. The van der Waals surface area contributed by atoms with Gasteiger partial charge in [-0.1, -0.05) is 12.1 Å². The first-order chi connectivity index (χ1) is 12.7. The van der Waals surface area contributed by atoms with Crippen LogP contribution in [0.15, 0.2) is 67.0 Å². The molecule has 2 aromatic carbocycles. The lowest BCUT2D eigenvalue weighted by Gasteiger charge is -2.25. The van der Waals surface area contributed by atoms with Crippen molar-refractivity contribution >= 4 is 5.69 Å². The Morgan fingerprint density at radius 1 is 1.08 bits per heavy atom. The molecule has 1 aliphatic heterocycles. The number of aryl methyl sites for hydroxylation is 1. The number of nitrogens with zero attached hydrogens (tertiary/aromatic N) is 2. The Labute approximate surface area is 154 Å². The SMILES string of the molecule is CCOc1ccc(-n2ccc([C@@H]3OCCN3c3cccc(C)c3)c2)cc1. The van der Waals surface area contributed by atoms with Gasteiger partial charge >= 0.3 is 0 Å². The second-order valence-electron chi connectivity index (χ2n) is 6.53. The minimum atomic E-state index is -0.0410. The quantitative estimate of drug-likeness (QED) is 0.667. The molecule has 0 aliphatic carbocycles. The van der Waals surface area contributed by atoms with Crippen LogP contribution >= 0.6 is 0 Å². The number of aromatic nitrogens is 1. The first-order valence-electron chi connectivity index (χ1n) is 9.10. The summed E-state index contributed by atoms with van der Waals surface area (Å²) in [6.45, 7) is 6.45. The van der Waals surface area contributed by atoms with Gasteiger partial charge in [0.15, 0.2) is 6.23 Å². The number of hydrogen-bond donors (Lipinski definition) is 0. The molecule has 26 heavy (non-hydrogen) atoms. The van der Waals surface area contributed by atoms with Crippen LogP contribution in [0.2, 0.25) is 0 Å². The van der Waals surface area contributed by atoms with Gasteiger partial charge in [-0.05, 0) is 61.9 Å². The highest BCUT2D eigenvalue weighted by Gasteiger charge is 2.28. The van der Waals surface area contributed by atoms with Gasteiger partial charge in [0.1, 0.15) is 5.75 Å². The molecule has 0 amide bonds. The van der Waals surface area contributed by atoms with E-state index in [0.717, 1.165) is 30.2 Å². The second-order valence-corrected chi connectivity index (χ2v) is 6.53. The third-order valence-electron chi connectivity index (χ3n) is 4.67. The van der Waals surface area contributed by atoms with Gasteiger partial charge in [0, 0.05) is 35.9 Å². The summed E-state index contributed by atoms with van der Waals surface area (Å²) in [5.74, 6) is 0.897. The van der Waals surface area contributed by atoms with Gasteiger partial charge in [0.2, 0.25) is 0 Å². The fraction of sp³-hybridized carbons (Fsp3) is 0.273. The van der Waals surface area contributed by atoms with Gasteiger partial charge in [-0.15, -0.1) is 0 Å². The lowest BCUT2D eigenvalue weighted by atomic mass is 10.2. The van der Waals surface area contributed by atoms with Crippen LogP contribution in [0.1, 0.15) is 24.3 Å². The van der Waals surface area contributed by atoms with Gasteiger partial charge in [0.25, 0.3) is 0 Å². The third kappa shape index (κ3) is 3.33. The number of hydrogen-bond acceptors (Lipinski definition) is 3. The van der Waals surface area contributed by atoms with Crippen LogP contribution in [-0.4, -0.2) is 24.3 Å². The zero-order valence-electron chi connectivity index (χ0n) is 15.3. The fourth-order valence-corrected chi connectivity index (χ4v) is 3.42. The predicted octanol–water partition coefficient (Wildman–Crippen LogP) is 4.72. The number of benzene rings is 2. The molecule has 4 rings (SSSR count). The van der Waals surface area contributed by atoms with Gasteiger partial charge in [-0.25, -0.2) is 0 Å². The van der Waals surface area contributed by atoms with E-state index in [9.17, 15) is 0 Å². The topological polar surface area (TPSA) is 26.6 Å². The molecule has 0 radical (unpaired) electrons. The van der Waals surface area contributed by atoms with Crippen molar-refractivity contribution in [1.29, 1.82) is 0 Å². The molecule has 2 heterocycles. The predicted molar refractivity (Wildman–Crippen MR) is 104 cm³/mol. The van der Waals surface area contributed by atoms with Crippen molar-refractivity contribution in [2.45, 2.75) is 20.1 Å². The maximum absolute atomic E-state index is 6.04. The Morgan fingerprint density at radius 3 is 2.69 bits per heavy atom. The van der Waals surface area contributed by atoms with Gasteiger partial charge < -0.3 is 18.9 Å². The maximum atomic E-state index is 6.04. The zero-order valence-corrected chi connectivity index (χ0v) is 15.3. The summed E-state index contributed by atoms with van der Waals surface area (Å²) in [6, 6.07) is 18.9. The van der Waals surface area contributed by atoms with E-state index in [1.54, 1.807) is 0 Å². The van der Waals surface area contributed by atoms with E-state index in [4.69, 9.17) is 9.47 Å². The first kappa shape index (κ1) is 16.7. The van der Waals surface area contributed by atoms with E-state index in [-0.39, 0.29) is 6.23 Å². The average Bonchev–Trinajstić information content (AvgIpc) is 3.32. The molecule has 1 saturated heterocycles. The molecule has 0 spiro atoms. The highest BCUT2D eigenvalue weighted by molar-refractivity contribution is 5.51. The minimum absolute atomic E-state index is 0.0410. The molecule has 1 aromatic heterocycles. The van der Waals surface area contributed by atoms with Crippen LogP contribution < -0.4 is 9.64 Å². The molecule has 0 bridgehead atoms. The Bertz CT molecular complexity index is 870. The molecule has 0 N–H and O–H groups in total. The largest absolute Gasteiger partial charge is 0.494 e. The Morgan fingerprint density at radius 2 is 1.92 bits per heavy atom. The number of anilines is 1. The van der Waals surface area contributed by atoms with Crippen LogP contribution in [0.4, 0.5) is 5.69 Å². The molecule has 1 atom stereocenters. The summed E-state index contributed by atoms with van der Waals surface area (Å²) >= 11 is 0. The number of ether oxygens (including phenoxy) is 2. The summed E-state index contributed by atoms with van der Waals surface area (Å²) in [5.41, 5.74) is 4.75. The van der Waals surface area contributed by atoms with Crippen LogP contribution in [0.25, 0.3) is 5.69 Å². The molecule has 4 nitrogen and oxygen atoms in total. The summed E-state index contributed by atoms with van der Waals surface area (Å²) < 4.78 is 13.7. The molecule has 3 aromatic rings. The Balaban J connectivity index is 1.57. The Kier molecular flexibility index (Phi) is 4.67. The van der Waals surface area contributed by atoms with Crippen molar-refractivity contribution in [1.82, 2.24) is 4.57 Å². The van der Waals surface area contributed by atoms with Gasteiger partial charge in [-0.2, -0.15) is 0 Å². The third-order valence-corrected chi connectivity index (χ3v) is 4.67. The molecule has 4 heteroatoms. The molecule has 0 saturated carbocycles. The number of rotatable bonds is 5. The summed E-state index contributed by atoms with van der Waals surface area (Å²) in [5, 5.41) is 0. The Hall–Kier alpha value is -2.72. The average molecular weight is 348 g/mol. The maximum Gasteiger partial charge on any atom is 0.158 e. The molecule has 134 valence electrons. The van der Waals surface area contributed by atoms with Crippen molar-refractivity contribution in [3.63, 3.8) is 0 Å². The van der Waals surface area contributed by atoms with Crippen LogP contribution in [0.5, 0.6) is 5.75 Å². The summed E-state index contributed by atoms with van der Waals surface area (Å²) in [4.78, 5) is 2.32. The van der Waals surface area contributed by atoms with Crippen LogP contribution in [0.3, 0.4) is 0 Å². The van der Waals surface area contributed by atoms with Crippen molar-refractivity contribution < 1.29 is 9.47 Å². The highest BCUT2D eigenvalue weighted by atomic mass is 16.5. The minimum Gasteiger partial charge on any atom is -0.494 e. The summed E-state index contributed by atoms with van der Waals surface area (Å²) in [7, 11) is 0. The molecule has 1 aliphatic rings. The first-order valence-corrected chi connectivity index (χ1v) is 9.10. The monoisotopic (exact) mass is 348 g/mol. The van der Waals surface area contributed by atoms with Crippen molar-refractivity contribution in [2.75, 3.05) is 24.7 Å². The van der Waals surface area contributed by atoms with Crippen LogP contribution in [-0.2, 0) is 4.74 Å². The van der Waals surface area contributed by atoms with E-state index < -0.39 is 0 Å². The van der Waals surface area contributed by atoms with E-state index >= 15 is 0 Å². The molecule has 0 unspecified atom stereocenters. The van der Waals surface area contributed by atoms with E-state index in [2.05, 4.69) is 71.2 Å². The van der Waals surface area contributed by atoms with Crippen LogP contribution in [0, 0.1) is 6.92 Å². The molecular weight excluding hydrogens is 324 g/mol. The molecular formula is C22H24N2O2. The van der Waals surface area contributed by atoms with E-state index in [0.29, 0.717) is 6.61 Å². The van der Waals surface area contributed by atoms with Crippen molar-refractivity contribution in [3.8, 4) is 11.4 Å². The van der Waals surface area contributed by atoms with Crippen molar-refractivity contribution in [3.05, 3.63) is 78.1 Å². The fourth-order valence-electron chi connectivity index (χ4n) is 3.42. The summed E-state index contributed by atoms with van der Waals surface area (Å²) in [6.07, 6.45) is 4.19. The van der Waals surface area contributed by atoms with Crippen molar-refractivity contribution in [2.24, 2.45) is 0 Å². The standard InChI is InChI=1S/C22H24N2O2/c1-3-25-21-9-7-19(8-10-21)23-12-11-18(16-23)22-24(13-14-26-22)20-6-4-5-17(2)15-20/h4-12,15-16,22H,3,13-14H2,1-2H3/t22-/m0/s1. The van der Waals surface area contributed by atoms with Gasteiger partial charge in [-0.3, -0.25) is 0 Å². The zero-order chi connectivity index (χ0) is 17.9. The van der Waals surface area contributed by atoms with Gasteiger partial charge in [0.05, 0.1) is 13.2 Å². The second kappa shape index (κ2) is 7.26.